The maximum atomic E-state index is 12.7. The summed E-state index contributed by atoms with van der Waals surface area (Å²) in [4.78, 5) is 7.35. The van der Waals surface area contributed by atoms with Crippen molar-refractivity contribution in [3.05, 3.63) is 71.8 Å². The van der Waals surface area contributed by atoms with Gasteiger partial charge in [0.05, 0.1) is 17.8 Å². The maximum Gasteiger partial charge on any atom is 0.416 e. The molecular formula is C16H10F3N5. The summed E-state index contributed by atoms with van der Waals surface area (Å²) in [5, 5.41) is 6.88. The van der Waals surface area contributed by atoms with Crippen molar-refractivity contribution >= 4 is 17.3 Å². The second kappa shape index (κ2) is 6.04. The van der Waals surface area contributed by atoms with Crippen molar-refractivity contribution in [3.8, 4) is 5.69 Å². The molecule has 3 rings (SSSR count). The van der Waals surface area contributed by atoms with Gasteiger partial charge in [-0.3, -0.25) is 0 Å². The first-order valence-electron chi connectivity index (χ1n) is 6.79. The van der Waals surface area contributed by atoms with Crippen molar-refractivity contribution < 1.29 is 13.2 Å². The highest BCUT2D eigenvalue weighted by atomic mass is 19.4. The molecule has 0 amide bonds. The Morgan fingerprint density at radius 1 is 1.08 bits per heavy atom. The predicted octanol–water partition coefficient (Wildman–Crippen LogP) is 4.58. The highest BCUT2D eigenvalue weighted by molar-refractivity contribution is 5.55. The molecule has 0 radical (unpaired) electrons. The van der Waals surface area contributed by atoms with E-state index < -0.39 is 11.7 Å². The van der Waals surface area contributed by atoms with Crippen LogP contribution in [0.3, 0.4) is 0 Å². The predicted molar refractivity (Wildman–Crippen MR) is 82.3 cm³/mol. The molecule has 0 unspecified atom stereocenters. The van der Waals surface area contributed by atoms with Crippen LogP contribution in [0.2, 0.25) is 0 Å². The molecule has 0 saturated heterocycles. The molecule has 2 aromatic carbocycles. The van der Waals surface area contributed by atoms with Gasteiger partial charge < -0.3 is 5.32 Å². The number of alkyl halides is 3. The summed E-state index contributed by atoms with van der Waals surface area (Å²) in [5.41, 5.74) is 0.567. The van der Waals surface area contributed by atoms with Crippen molar-refractivity contribution in [3.63, 3.8) is 0 Å². The van der Waals surface area contributed by atoms with E-state index in [4.69, 9.17) is 6.57 Å². The molecule has 8 heteroatoms. The van der Waals surface area contributed by atoms with Gasteiger partial charge in [0, 0.05) is 5.69 Å². The average Bonchev–Trinajstić information content (AvgIpc) is 3.03. The van der Waals surface area contributed by atoms with E-state index in [-0.39, 0.29) is 11.6 Å². The van der Waals surface area contributed by atoms with E-state index in [0.29, 0.717) is 11.4 Å². The third kappa shape index (κ3) is 3.35. The molecule has 0 saturated carbocycles. The van der Waals surface area contributed by atoms with E-state index in [0.717, 1.165) is 12.1 Å². The number of benzene rings is 2. The zero-order valence-electron chi connectivity index (χ0n) is 12.1. The Balaban J connectivity index is 1.83. The Morgan fingerprint density at radius 3 is 2.62 bits per heavy atom. The standard InChI is InChI=1S/C16H10F3N5/c1-20-12-5-3-7-14(9-12)24-10-21-15(23-24)22-13-6-2-4-11(8-13)16(17,18)19/h2-10H,(H,22,23). The SMILES string of the molecule is [C-]#[N+]c1cccc(-n2cnc(Nc3cccc(C(F)(F)F)c3)n2)c1. The van der Waals surface area contributed by atoms with Crippen molar-refractivity contribution in [2.24, 2.45) is 0 Å². The van der Waals surface area contributed by atoms with Crippen LogP contribution >= 0.6 is 0 Å². The Bertz CT molecular complexity index is 908. The normalized spacial score (nSPS) is 11.1. The molecule has 0 aliphatic carbocycles. The third-order valence-corrected chi connectivity index (χ3v) is 3.16. The minimum absolute atomic E-state index is 0.155. The van der Waals surface area contributed by atoms with Gasteiger partial charge in [-0.15, -0.1) is 5.10 Å². The number of nitrogens with zero attached hydrogens (tertiary/aromatic N) is 4. The fourth-order valence-corrected chi connectivity index (χ4v) is 2.05. The van der Waals surface area contributed by atoms with Gasteiger partial charge in [-0.25, -0.2) is 9.53 Å². The smallest absolute Gasteiger partial charge is 0.323 e. The first-order valence-corrected chi connectivity index (χ1v) is 6.79. The van der Waals surface area contributed by atoms with Crippen LogP contribution in [-0.2, 0) is 6.18 Å². The molecule has 0 aliphatic rings. The molecule has 0 spiro atoms. The Hall–Kier alpha value is -3.34. The van der Waals surface area contributed by atoms with E-state index in [1.54, 1.807) is 24.3 Å². The van der Waals surface area contributed by atoms with Crippen LogP contribution < -0.4 is 5.32 Å². The Labute approximate surface area is 135 Å². The van der Waals surface area contributed by atoms with E-state index in [2.05, 4.69) is 20.2 Å². The lowest BCUT2D eigenvalue weighted by Crippen LogP contribution is -2.05. The number of nitrogens with one attached hydrogen (secondary N) is 1. The highest BCUT2D eigenvalue weighted by Gasteiger charge is 2.30. The summed E-state index contributed by atoms with van der Waals surface area (Å²) in [6.07, 6.45) is -3.00. The molecule has 24 heavy (non-hydrogen) atoms. The molecule has 0 fully saturated rings. The first kappa shape index (κ1) is 15.6. The number of halogens is 3. The summed E-state index contributed by atoms with van der Waals surface area (Å²) in [6, 6.07) is 11.5. The average molecular weight is 329 g/mol. The molecule has 120 valence electrons. The zero-order valence-corrected chi connectivity index (χ0v) is 12.1. The first-order chi connectivity index (χ1) is 11.5. The van der Waals surface area contributed by atoms with Gasteiger partial charge in [-0.1, -0.05) is 18.2 Å². The summed E-state index contributed by atoms with van der Waals surface area (Å²) in [5.74, 6) is 0.155. The molecule has 0 atom stereocenters. The monoisotopic (exact) mass is 329 g/mol. The van der Waals surface area contributed by atoms with Gasteiger partial charge in [-0.05, 0) is 30.3 Å². The fourth-order valence-electron chi connectivity index (χ4n) is 2.05. The summed E-state index contributed by atoms with van der Waals surface area (Å²) in [6.45, 7) is 7.00. The Morgan fingerprint density at radius 2 is 1.88 bits per heavy atom. The maximum absolute atomic E-state index is 12.7. The van der Waals surface area contributed by atoms with E-state index in [1.807, 2.05) is 0 Å². The lowest BCUT2D eigenvalue weighted by molar-refractivity contribution is -0.137. The summed E-state index contributed by atoms with van der Waals surface area (Å²) in [7, 11) is 0. The zero-order chi connectivity index (χ0) is 17.2. The van der Waals surface area contributed by atoms with Crippen molar-refractivity contribution in [2.75, 3.05) is 5.32 Å². The minimum atomic E-state index is -4.41. The van der Waals surface area contributed by atoms with E-state index in [1.165, 1.54) is 23.1 Å². The molecule has 1 N–H and O–H groups in total. The molecule has 5 nitrogen and oxygen atoms in total. The number of hydrogen-bond donors (Lipinski definition) is 1. The van der Waals surface area contributed by atoms with Crippen LogP contribution in [0.15, 0.2) is 54.9 Å². The number of aromatic nitrogens is 3. The Kier molecular flexibility index (Phi) is 3.92. The van der Waals surface area contributed by atoms with E-state index >= 15 is 0 Å². The number of hydrogen-bond acceptors (Lipinski definition) is 3. The van der Waals surface area contributed by atoms with Crippen LogP contribution in [0.1, 0.15) is 5.56 Å². The molecule has 0 bridgehead atoms. The van der Waals surface area contributed by atoms with E-state index in [9.17, 15) is 13.2 Å². The fraction of sp³-hybridized carbons (Fsp3) is 0.0625. The van der Waals surface area contributed by atoms with Crippen LogP contribution in [0, 0.1) is 6.57 Å². The van der Waals surface area contributed by atoms with Gasteiger partial charge in [0.2, 0.25) is 5.95 Å². The second-order valence-electron chi connectivity index (χ2n) is 4.85. The summed E-state index contributed by atoms with van der Waals surface area (Å²) >= 11 is 0. The lowest BCUT2D eigenvalue weighted by Gasteiger charge is -2.08. The van der Waals surface area contributed by atoms with Crippen LogP contribution in [0.4, 0.5) is 30.5 Å². The topological polar surface area (TPSA) is 47.1 Å². The van der Waals surface area contributed by atoms with Gasteiger partial charge in [-0.2, -0.15) is 18.2 Å². The number of anilines is 2. The second-order valence-corrected chi connectivity index (χ2v) is 4.85. The third-order valence-electron chi connectivity index (χ3n) is 3.16. The summed E-state index contributed by atoms with van der Waals surface area (Å²) < 4.78 is 39.6. The van der Waals surface area contributed by atoms with Gasteiger partial charge in [0.15, 0.2) is 5.69 Å². The number of rotatable bonds is 3. The largest absolute Gasteiger partial charge is 0.416 e. The van der Waals surface area contributed by atoms with Gasteiger partial charge in [0.25, 0.3) is 0 Å². The van der Waals surface area contributed by atoms with Crippen molar-refractivity contribution in [1.82, 2.24) is 14.8 Å². The van der Waals surface area contributed by atoms with Crippen LogP contribution in [0.5, 0.6) is 0 Å². The van der Waals surface area contributed by atoms with Gasteiger partial charge >= 0.3 is 6.18 Å². The van der Waals surface area contributed by atoms with Crippen LogP contribution in [-0.4, -0.2) is 14.8 Å². The van der Waals surface area contributed by atoms with Crippen LogP contribution in [0.25, 0.3) is 10.5 Å². The van der Waals surface area contributed by atoms with Crippen molar-refractivity contribution in [2.45, 2.75) is 6.18 Å². The highest BCUT2D eigenvalue weighted by Crippen LogP contribution is 2.31. The quantitative estimate of drug-likeness (QED) is 0.716. The molecule has 1 heterocycles. The van der Waals surface area contributed by atoms with Crippen molar-refractivity contribution in [1.29, 1.82) is 0 Å². The molecular weight excluding hydrogens is 319 g/mol. The minimum Gasteiger partial charge on any atom is -0.323 e. The van der Waals surface area contributed by atoms with Gasteiger partial charge in [0.1, 0.15) is 6.33 Å². The lowest BCUT2D eigenvalue weighted by atomic mass is 10.2. The molecule has 1 aromatic heterocycles. The molecule has 0 aliphatic heterocycles. The molecule has 3 aromatic rings.